The summed E-state index contributed by atoms with van der Waals surface area (Å²) in [7, 11) is 0. The van der Waals surface area contributed by atoms with E-state index in [1.165, 1.54) is 18.3 Å². The molecule has 2 aliphatic heterocycles. The number of rotatable bonds is 4. The second-order valence-electron chi connectivity index (χ2n) is 6.34. The van der Waals surface area contributed by atoms with E-state index in [9.17, 15) is 19.2 Å². The molecular formula is C16H20N4O4S. The van der Waals surface area contributed by atoms with E-state index in [-0.39, 0.29) is 30.2 Å². The van der Waals surface area contributed by atoms with E-state index in [4.69, 9.17) is 0 Å². The van der Waals surface area contributed by atoms with Crippen molar-refractivity contribution in [3.63, 3.8) is 0 Å². The van der Waals surface area contributed by atoms with Crippen molar-refractivity contribution in [3.05, 3.63) is 22.4 Å². The minimum Gasteiger partial charge on any atom is -0.348 e. The molecule has 1 aromatic rings. The highest BCUT2D eigenvalue weighted by atomic mass is 32.1. The third-order valence-electron chi connectivity index (χ3n) is 4.63. The highest BCUT2D eigenvalue weighted by molar-refractivity contribution is 7.10. The molecule has 0 aromatic carbocycles. The Morgan fingerprint density at radius 2 is 2.08 bits per heavy atom. The molecule has 0 radical (unpaired) electrons. The molecule has 0 bridgehead atoms. The van der Waals surface area contributed by atoms with Gasteiger partial charge in [-0.3, -0.25) is 19.7 Å². The first-order valence-corrected chi connectivity index (χ1v) is 8.99. The lowest BCUT2D eigenvalue weighted by Gasteiger charge is -2.37. The van der Waals surface area contributed by atoms with Gasteiger partial charge in [0.25, 0.3) is 5.91 Å². The summed E-state index contributed by atoms with van der Waals surface area (Å²) in [6.45, 7) is 2.21. The average molecular weight is 364 g/mol. The molecule has 0 saturated carbocycles. The van der Waals surface area contributed by atoms with E-state index in [2.05, 4.69) is 16.0 Å². The van der Waals surface area contributed by atoms with Gasteiger partial charge in [-0.1, -0.05) is 6.07 Å². The predicted octanol–water partition coefficient (Wildman–Crippen LogP) is 0.516. The van der Waals surface area contributed by atoms with Crippen molar-refractivity contribution in [2.75, 3.05) is 13.1 Å². The van der Waals surface area contributed by atoms with Gasteiger partial charge in [0.05, 0.1) is 12.5 Å². The lowest BCUT2D eigenvalue weighted by molar-refractivity contribution is -0.136. The molecule has 1 spiro atoms. The molecule has 0 aliphatic carbocycles. The third-order valence-corrected chi connectivity index (χ3v) is 5.61. The van der Waals surface area contributed by atoms with Crippen molar-refractivity contribution in [2.45, 2.75) is 37.8 Å². The zero-order chi connectivity index (χ0) is 18.0. The molecule has 2 saturated heterocycles. The van der Waals surface area contributed by atoms with Crippen LogP contribution in [0.15, 0.2) is 17.5 Å². The minimum absolute atomic E-state index is 0.0771. The number of carbonyl (C=O) groups excluding carboxylic acids is 4. The van der Waals surface area contributed by atoms with Gasteiger partial charge in [-0.05, 0) is 24.3 Å². The number of hydrogen-bond donors (Lipinski definition) is 3. The standard InChI is InChI=1S/C16H20N4O4S/c1-10(21)17-11(12-3-2-8-25-12)9-13(22)20-6-4-16(5-7-20)14(23)18-15(24)19-16/h2-3,8,11H,4-7,9H2,1H3,(H,17,21)(H2,18,19,23,24). The Labute approximate surface area is 148 Å². The fourth-order valence-corrected chi connectivity index (χ4v) is 4.06. The number of hydrogen-bond acceptors (Lipinski definition) is 5. The van der Waals surface area contributed by atoms with Crippen LogP contribution in [0.25, 0.3) is 0 Å². The normalized spacial score (nSPS) is 20.1. The molecule has 25 heavy (non-hydrogen) atoms. The Balaban J connectivity index is 1.61. The molecule has 2 aliphatic rings. The lowest BCUT2D eigenvalue weighted by atomic mass is 9.87. The molecule has 8 nitrogen and oxygen atoms in total. The molecule has 1 aromatic heterocycles. The number of carbonyl (C=O) groups is 4. The largest absolute Gasteiger partial charge is 0.348 e. The Kier molecular flexibility index (Phi) is 4.76. The van der Waals surface area contributed by atoms with E-state index in [1.807, 2.05) is 17.5 Å². The van der Waals surface area contributed by atoms with Crippen LogP contribution in [0, 0.1) is 0 Å². The van der Waals surface area contributed by atoms with Crippen LogP contribution in [0.1, 0.15) is 37.1 Å². The third kappa shape index (κ3) is 3.65. The highest BCUT2D eigenvalue weighted by Crippen LogP contribution is 2.28. The van der Waals surface area contributed by atoms with Crippen LogP contribution in [0.3, 0.4) is 0 Å². The van der Waals surface area contributed by atoms with Crippen molar-refractivity contribution < 1.29 is 19.2 Å². The lowest BCUT2D eigenvalue weighted by Crippen LogP contribution is -2.56. The van der Waals surface area contributed by atoms with Crippen LogP contribution >= 0.6 is 11.3 Å². The fraction of sp³-hybridized carbons (Fsp3) is 0.500. The molecule has 3 heterocycles. The summed E-state index contributed by atoms with van der Waals surface area (Å²) < 4.78 is 0. The van der Waals surface area contributed by atoms with Crippen LogP contribution in [0.2, 0.25) is 0 Å². The maximum Gasteiger partial charge on any atom is 0.322 e. The van der Waals surface area contributed by atoms with E-state index >= 15 is 0 Å². The summed E-state index contributed by atoms with van der Waals surface area (Å²) in [5, 5.41) is 9.65. The van der Waals surface area contributed by atoms with Crippen molar-refractivity contribution in [1.82, 2.24) is 20.9 Å². The first-order valence-electron chi connectivity index (χ1n) is 8.11. The SMILES string of the molecule is CC(=O)NC(CC(=O)N1CCC2(CC1)NC(=O)NC2=O)c1cccs1. The van der Waals surface area contributed by atoms with Gasteiger partial charge in [0.1, 0.15) is 5.54 Å². The molecule has 3 N–H and O–H groups in total. The van der Waals surface area contributed by atoms with Gasteiger partial charge in [0, 0.05) is 24.9 Å². The van der Waals surface area contributed by atoms with Crippen molar-refractivity contribution in [3.8, 4) is 0 Å². The maximum atomic E-state index is 12.6. The van der Waals surface area contributed by atoms with Crippen LogP contribution in [-0.2, 0) is 14.4 Å². The van der Waals surface area contributed by atoms with Crippen LogP contribution in [0.5, 0.6) is 0 Å². The Hall–Kier alpha value is -2.42. The van der Waals surface area contributed by atoms with Gasteiger partial charge in [-0.25, -0.2) is 4.79 Å². The van der Waals surface area contributed by atoms with Gasteiger partial charge < -0.3 is 15.5 Å². The zero-order valence-electron chi connectivity index (χ0n) is 13.8. The Bertz CT molecular complexity index is 695. The first kappa shape index (κ1) is 17.4. The van der Waals surface area contributed by atoms with Crippen molar-refractivity contribution in [1.29, 1.82) is 0 Å². The summed E-state index contributed by atoms with van der Waals surface area (Å²) in [6, 6.07) is 2.94. The van der Waals surface area contributed by atoms with Crippen molar-refractivity contribution in [2.24, 2.45) is 0 Å². The Morgan fingerprint density at radius 1 is 1.36 bits per heavy atom. The van der Waals surface area contributed by atoms with Gasteiger partial charge in [0.2, 0.25) is 11.8 Å². The number of piperidine rings is 1. The molecule has 1 unspecified atom stereocenters. The number of urea groups is 1. The summed E-state index contributed by atoms with van der Waals surface area (Å²) >= 11 is 1.49. The summed E-state index contributed by atoms with van der Waals surface area (Å²) in [6.07, 6.45) is 0.950. The number of likely N-dealkylation sites (tertiary alicyclic amines) is 1. The zero-order valence-corrected chi connectivity index (χ0v) is 14.6. The fourth-order valence-electron chi connectivity index (χ4n) is 3.28. The van der Waals surface area contributed by atoms with E-state index in [0.29, 0.717) is 25.9 Å². The number of amides is 5. The van der Waals surface area contributed by atoms with Gasteiger partial charge in [-0.15, -0.1) is 11.3 Å². The number of thiophene rings is 1. The molecule has 134 valence electrons. The monoisotopic (exact) mass is 364 g/mol. The molecule has 2 fully saturated rings. The predicted molar refractivity (Wildman–Crippen MR) is 90.7 cm³/mol. The summed E-state index contributed by atoms with van der Waals surface area (Å²) in [5.74, 6) is -0.583. The van der Waals surface area contributed by atoms with Crippen LogP contribution in [-0.4, -0.2) is 47.3 Å². The van der Waals surface area contributed by atoms with E-state index < -0.39 is 11.6 Å². The highest BCUT2D eigenvalue weighted by Gasteiger charge is 2.48. The Morgan fingerprint density at radius 3 is 2.60 bits per heavy atom. The molecule has 5 amide bonds. The molecule has 9 heteroatoms. The van der Waals surface area contributed by atoms with Crippen LogP contribution < -0.4 is 16.0 Å². The topological polar surface area (TPSA) is 108 Å². The van der Waals surface area contributed by atoms with Gasteiger partial charge in [0.15, 0.2) is 0 Å². The summed E-state index contributed by atoms with van der Waals surface area (Å²) in [4.78, 5) is 50.0. The van der Waals surface area contributed by atoms with Crippen LogP contribution in [0.4, 0.5) is 4.79 Å². The van der Waals surface area contributed by atoms with Gasteiger partial charge >= 0.3 is 6.03 Å². The quantitative estimate of drug-likeness (QED) is 0.677. The molecular weight excluding hydrogens is 344 g/mol. The number of nitrogens with one attached hydrogen (secondary N) is 3. The van der Waals surface area contributed by atoms with Gasteiger partial charge in [-0.2, -0.15) is 0 Å². The van der Waals surface area contributed by atoms with E-state index in [1.54, 1.807) is 4.90 Å². The second-order valence-corrected chi connectivity index (χ2v) is 7.32. The smallest absolute Gasteiger partial charge is 0.322 e. The number of nitrogens with zero attached hydrogens (tertiary/aromatic N) is 1. The molecule has 1 atom stereocenters. The average Bonchev–Trinajstić information content (AvgIpc) is 3.16. The van der Waals surface area contributed by atoms with Crippen molar-refractivity contribution >= 4 is 35.1 Å². The first-order chi connectivity index (χ1) is 11.9. The minimum atomic E-state index is -0.890. The maximum absolute atomic E-state index is 12.6. The second kappa shape index (κ2) is 6.83. The molecule has 3 rings (SSSR count). The summed E-state index contributed by atoms with van der Waals surface area (Å²) in [5.41, 5.74) is -0.890. The van der Waals surface area contributed by atoms with E-state index in [0.717, 1.165) is 4.88 Å². The number of imide groups is 1.